The number of nitrogens with one attached hydrogen (secondary N) is 9. The normalized spacial score (nSPS) is 22.5. The van der Waals surface area contributed by atoms with Crippen molar-refractivity contribution < 1.29 is 115 Å². The van der Waals surface area contributed by atoms with Crippen LogP contribution >= 0.6 is 11.8 Å². The van der Waals surface area contributed by atoms with Crippen molar-refractivity contribution in [3.05, 3.63) is 65.9 Å². The fourth-order valence-corrected chi connectivity index (χ4v) is 12.9. The summed E-state index contributed by atoms with van der Waals surface area (Å²) in [5.41, 5.74) is 1.94. The summed E-state index contributed by atoms with van der Waals surface area (Å²) < 4.78 is 0. The predicted molar refractivity (Wildman–Crippen MR) is 357 cm³/mol. The Morgan fingerprint density at radius 1 is 0.619 bits per heavy atom. The molecule has 97 heavy (non-hydrogen) atoms. The van der Waals surface area contributed by atoms with Crippen molar-refractivity contribution in [3.63, 3.8) is 0 Å². The van der Waals surface area contributed by atoms with Crippen molar-refractivity contribution in [2.75, 3.05) is 123 Å². The van der Waals surface area contributed by atoms with E-state index in [9.17, 15) is 68.7 Å². The van der Waals surface area contributed by atoms with Crippen LogP contribution in [0.25, 0.3) is 10.9 Å². The van der Waals surface area contributed by atoms with Gasteiger partial charge in [-0.25, -0.2) is 0 Å². The monoisotopic (exact) mass is 1540 g/mol. The molecule has 1 aromatic heterocycles. The standard InChI is InChI=1S/C65H98N14O16S.Lu/c1-41(48-35-69-49-12-8-7-11-47(48)49)58-63(93)72-51(34-45-17-22-66-23-18-45)61(91)74-59(43(3)80)64(94)70-42(2)65(95)75(4)52(62(92)71-50(60(90)73-58)33-44-13-15-46(81)16-14-44)19-32-96-40-54(83)68-21-10-6-5-9-20-67-53(82)36-76-24-26-77(37-55(84)85)28-30-79(39-57(88)89)31-29-78(27-25-76)38-56(86)87;/h7-8,11-16,35,41-43,45,50-52,58-59,66,69,80-81H,5-6,9-10,17-34,36-40H2,1-4H3,(H,67,82)(H,68,83)(H,70,94)(H,71,92)(H,72,93)(H,73,90)(H,74,91)(H,84,85)(H,86,87)(H,88,89);/t41-,42-,43+,50-,51-,52-,58+,59-;/m0./s1. The molecule has 32 heteroatoms. The van der Waals surface area contributed by atoms with Gasteiger partial charge in [0.1, 0.15) is 42.0 Å². The van der Waals surface area contributed by atoms with Crippen LogP contribution in [-0.2, 0) is 59.2 Å². The summed E-state index contributed by atoms with van der Waals surface area (Å²) in [4.78, 5) is 160. The zero-order chi connectivity index (χ0) is 69.8. The van der Waals surface area contributed by atoms with E-state index in [0.29, 0.717) is 76.1 Å². The number of aliphatic carboxylic acids is 3. The van der Waals surface area contributed by atoms with Gasteiger partial charge in [0.15, 0.2) is 0 Å². The topological polar surface area (TPSA) is 417 Å². The molecule has 3 saturated heterocycles. The number of carboxylic acid groups (broad SMARTS) is 3. The molecule has 1 radical (unpaired) electrons. The van der Waals surface area contributed by atoms with Crippen LogP contribution < -0.4 is 42.5 Å². The molecule has 8 atom stereocenters. The molecule has 0 unspecified atom stereocenters. The number of H-pyrrole nitrogens is 1. The summed E-state index contributed by atoms with van der Waals surface area (Å²) in [5, 5.41) is 73.5. The van der Waals surface area contributed by atoms with Gasteiger partial charge in [0.2, 0.25) is 47.3 Å². The first-order chi connectivity index (χ1) is 45.8. The number of piperidine rings is 1. The van der Waals surface area contributed by atoms with Crippen molar-refractivity contribution >= 4 is 87.8 Å². The van der Waals surface area contributed by atoms with Crippen LogP contribution in [0.15, 0.2) is 54.7 Å². The second-order valence-corrected chi connectivity index (χ2v) is 26.3. The van der Waals surface area contributed by atoms with Crippen LogP contribution in [0.1, 0.15) is 89.2 Å². The number of thioether (sulfide) groups is 1. The smallest absolute Gasteiger partial charge is 0.317 e. The molecule has 545 valence electrons. The van der Waals surface area contributed by atoms with Gasteiger partial charge in [-0.1, -0.05) is 50.1 Å². The number of phenols is 1. The third-order valence-electron chi connectivity index (χ3n) is 17.7. The zero-order valence-electron chi connectivity index (χ0n) is 55.6. The molecule has 6 rings (SSSR count). The number of fused-ring (bicyclic) bond motifs is 1. The van der Waals surface area contributed by atoms with Crippen molar-refractivity contribution in [2.24, 2.45) is 5.92 Å². The molecule has 14 N–H and O–H groups in total. The van der Waals surface area contributed by atoms with E-state index in [1.54, 1.807) is 40.0 Å². The van der Waals surface area contributed by atoms with Gasteiger partial charge in [0.05, 0.1) is 38.0 Å². The predicted octanol–water partition coefficient (Wildman–Crippen LogP) is -1.33. The SMILES string of the molecule is C[C@@H]1NC(=O)[C@H]([C@@H](C)O)NC(=O)[C@H](CC2CCNCC2)NC(=O)[C@@H]([C@@H](C)c2c[nH]c3ccccc23)NC(=O)[C@H](Cc2ccc(O)cc2)NC(=O)[C@H](CCSCC(=O)NCCCCCCNC(=O)CN2CCN(CC(=O)O)CCN(CC(=O)O)CCN(CC(=O)O)CC2)N(C)C1=O.[Lu]. The number of aromatic nitrogens is 1. The Hall–Kier alpha value is -6.71. The third kappa shape index (κ3) is 27.5. The second-order valence-electron chi connectivity index (χ2n) is 25.1. The first-order valence-electron chi connectivity index (χ1n) is 33.0. The van der Waals surface area contributed by atoms with E-state index < -0.39 is 102 Å². The summed E-state index contributed by atoms with van der Waals surface area (Å²) in [6, 6.07) is 5.13. The van der Waals surface area contributed by atoms with Crippen LogP contribution in [0, 0.1) is 42.8 Å². The molecule has 4 heterocycles. The molecular weight excluding hydrogens is 1440 g/mol. The summed E-state index contributed by atoms with van der Waals surface area (Å²) in [6.07, 6.45) is 4.31. The Bertz CT molecular complexity index is 3070. The minimum atomic E-state index is -1.59. The number of rotatable bonds is 27. The maximum Gasteiger partial charge on any atom is 0.317 e. The number of aromatic amines is 1. The second kappa shape index (κ2) is 41.6. The van der Waals surface area contributed by atoms with E-state index in [0.717, 1.165) is 28.6 Å². The number of unbranched alkanes of at least 4 members (excludes halogenated alkanes) is 3. The third-order valence-corrected chi connectivity index (χ3v) is 18.7. The van der Waals surface area contributed by atoms with Gasteiger partial charge < -0.3 is 78.0 Å². The van der Waals surface area contributed by atoms with Crippen molar-refractivity contribution in [1.82, 2.24) is 72.0 Å². The maximum absolute atomic E-state index is 15.1. The minimum absolute atomic E-state index is 0. The zero-order valence-corrected chi connectivity index (χ0v) is 58.1. The average molecular weight is 1540 g/mol. The number of carbonyl (C=O) groups excluding carboxylic acids is 8. The maximum atomic E-state index is 15.1. The van der Waals surface area contributed by atoms with Gasteiger partial charge in [-0.3, -0.25) is 72.3 Å². The Balaban J connectivity index is 0.0000170. The van der Waals surface area contributed by atoms with Gasteiger partial charge in [0, 0.05) is 139 Å². The van der Waals surface area contributed by atoms with Crippen molar-refractivity contribution in [3.8, 4) is 5.75 Å². The molecule has 8 amide bonds. The number of likely N-dealkylation sites (N-methyl/N-ethyl adjacent to an activating group) is 1. The largest absolute Gasteiger partial charge is 0.508 e. The van der Waals surface area contributed by atoms with Gasteiger partial charge >= 0.3 is 17.9 Å². The molecule has 0 aliphatic carbocycles. The molecule has 3 aliphatic rings. The van der Waals surface area contributed by atoms with Gasteiger partial charge in [-0.05, 0) is 106 Å². The quantitative estimate of drug-likeness (QED) is 0.0393. The van der Waals surface area contributed by atoms with Gasteiger partial charge in [0.25, 0.3) is 0 Å². The molecule has 30 nitrogen and oxygen atoms in total. The Morgan fingerprint density at radius 2 is 1.12 bits per heavy atom. The fraction of sp³-hybridized carbons (Fsp3) is 0.615. The number of phenolic OH excluding ortho intramolecular Hbond substituents is 1. The molecule has 0 spiro atoms. The molecular formula is C65H98LuN14O16S. The van der Waals surface area contributed by atoms with E-state index in [2.05, 4.69) is 47.5 Å². The molecule has 0 saturated carbocycles. The van der Waals surface area contributed by atoms with Crippen LogP contribution in [0.2, 0.25) is 0 Å². The molecule has 2 aromatic carbocycles. The van der Waals surface area contributed by atoms with Crippen LogP contribution in [0.5, 0.6) is 5.75 Å². The number of aromatic hydroxyl groups is 1. The number of carboxylic acids is 3. The van der Waals surface area contributed by atoms with Gasteiger partial charge in [-0.15, -0.1) is 0 Å². The number of carbonyl (C=O) groups is 11. The van der Waals surface area contributed by atoms with E-state index in [1.165, 1.54) is 44.8 Å². The number of aliphatic hydroxyl groups excluding tert-OH is 1. The van der Waals surface area contributed by atoms with Crippen molar-refractivity contribution in [1.29, 1.82) is 0 Å². The van der Waals surface area contributed by atoms with Crippen LogP contribution in [-0.4, -0.2) is 286 Å². The van der Waals surface area contributed by atoms with Crippen molar-refractivity contribution in [2.45, 2.75) is 127 Å². The minimum Gasteiger partial charge on any atom is -0.508 e. The number of amides is 8. The average Bonchev–Trinajstić information content (AvgIpc) is 1.74. The Morgan fingerprint density at radius 3 is 1.68 bits per heavy atom. The first kappa shape index (κ1) is 81.0. The molecule has 3 fully saturated rings. The first-order valence-corrected chi connectivity index (χ1v) is 34.2. The number of benzene rings is 2. The Kier molecular flexibility index (Phi) is 34.8. The van der Waals surface area contributed by atoms with E-state index >= 15 is 9.59 Å². The fourth-order valence-electron chi connectivity index (χ4n) is 12.1. The number of nitrogens with zero attached hydrogens (tertiary/aromatic N) is 5. The molecule has 3 aromatic rings. The Labute approximate surface area is 598 Å². The van der Waals surface area contributed by atoms with Gasteiger partial charge in [-0.2, -0.15) is 11.8 Å². The van der Waals surface area contributed by atoms with E-state index in [4.69, 9.17) is 0 Å². The summed E-state index contributed by atoms with van der Waals surface area (Å²) in [6.45, 7) is 7.85. The molecule has 0 bridgehead atoms. The van der Waals surface area contributed by atoms with Crippen LogP contribution in [0.3, 0.4) is 0 Å². The van der Waals surface area contributed by atoms with E-state index in [1.807, 2.05) is 29.2 Å². The number of para-hydroxylation sites is 1. The summed E-state index contributed by atoms with van der Waals surface area (Å²) in [5.74, 6) is -9.11. The molecule has 3 aliphatic heterocycles. The van der Waals surface area contributed by atoms with Crippen LogP contribution in [0.4, 0.5) is 0 Å². The number of hydrogen-bond acceptors (Lipinski definition) is 19. The number of hydrogen-bond donors (Lipinski definition) is 14. The summed E-state index contributed by atoms with van der Waals surface area (Å²) >= 11 is 1.20. The van der Waals surface area contributed by atoms with E-state index in [-0.39, 0.29) is 157 Å². The summed E-state index contributed by atoms with van der Waals surface area (Å²) in [7, 11) is 1.36. The number of aliphatic hydroxyl groups is 1.